The van der Waals surface area contributed by atoms with Crippen LogP contribution in [-0.2, 0) is 6.54 Å². The fourth-order valence-electron chi connectivity index (χ4n) is 1.78. The van der Waals surface area contributed by atoms with E-state index in [1.165, 1.54) is 0 Å². The molecule has 3 nitrogen and oxygen atoms in total. The van der Waals surface area contributed by atoms with Crippen LogP contribution in [0.5, 0.6) is 0 Å². The van der Waals surface area contributed by atoms with Gasteiger partial charge in [0.1, 0.15) is 0 Å². The van der Waals surface area contributed by atoms with Crippen LogP contribution in [0.1, 0.15) is 21.6 Å². The average Bonchev–Trinajstić information content (AvgIpc) is 2.66. The fraction of sp³-hybridized carbons (Fsp3) is 0.154. The lowest BCUT2D eigenvalue weighted by Crippen LogP contribution is -2.04. The molecule has 1 N–H and O–H groups in total. The third-order valence-electron chi connectivity index (χ3n) is 2.81. The third-order valence-corrected chi connectivity index (χ3v) is 3.55. The van der Waals surface area contributed by atoms with Crippen molar-refractivity contribution >= 4 is 29.2 Å². The number of hydrogen-bond donors (Lipinski definition) is 1. The van der Waals surface area contributed by atoms with Crippen molar-refractivity contribution in [1.82, 2.24) is 4.57 Å². The monoisotopic (exact) mass is 283 g/mol. The molecular weight excluding hydrogens is 273 g/mol. The highest BCUT2D eigenvalue weighted by molar-refractivity contribution is 6.42. The maximum absolute atomic E-state index is 10.9. The molecule has 5 heteroatoms. The van der Waals surface area contributed by atoms with Gasteiger partial charge in [0.05, 0.1) is 15.6 Å². The zero-order valence-electron chi connectivity index (χ0n) is 9.65. The number of benzene rings is 1. The van der Waals surface area contributed by atoms with E-state index in [1.807, 2.05) is 10.6 Å². The van der Waals surface area contributed by atoms with E-state index in [-0.39, 0.29) is 0 Å². The Balaban J connectivity index is 2.29. The molecule has 0 spiro atoms. The van der Waals surface area contributed by atoms with Gasteiger partial charge in [-0.15, -0.1) is 0 Å². The Kier molecular flexibility index (Phi) is 3.64. The first kappa shape index (κ1) is 13.0. The molecule has 1 aromatic heterocycles. The molecule has 0 atom stereocenters. The smallest absolute Gasteiger partial charge is 0.337 e. The predicted molar refractivity (Wildman–Crippen MR) is 71.7 cm³/mol. The quantitative estimate of drug-likeness (QED) is 0.930. The first-order valence-corrected chi connectivity index (χ1v) is 6.07. The van der Waals surface area contributed by atoms with Gasteiger partial charge in [-0.1, -0.05) is 29.3 Å². The van der Waals surface area contributed by atoms with E-state index in [2.05, 4.69) is 0 Å². The van der Waals surface area contributed by atoms with Crippen LogP contribution in [0, 0.1) is 6.92 Å². The van der Waals surface area contributed by atoms with Crippen molar-refractivity contribution in [1.29, 1.82) is 0 Å². The van der Waals surface area contributed by atoms with Crippen molar-refractivity contribution < 1.29 is 9.90 Å². The van der Waals surface area contributed by atoms with Crippen LogP contribution in [-0.4, -0.2) is 15.6 Å². The number of aromatic carboxylic acids is 1. The van der Waals surface area contributed by atoms with Crippen molar-refractivity contribution in [3.8, 4) is 0 Å². The van der Waals surface area contributed by atoms with E-state index >= 15 is 0 Å². The number of rotatable bonds is 3. The molecule has 18 heavy (non-hydrogen) atoms. The summed E-state index contributed by atoms with van der Waals surface area (Å²) in [6.45, 7) is 2.34. The van der Waals surface area contributed by atoms with Gasteiger partial charge in [0, 0.05) is 18.4 Å². The largest absolute Gasteiger partial charge is 0.478 e. The van der Waals surface area contributed by atoms with Gasteiger partial charge in [-0.25, -0.2) is 4.79 Å². The molecule has 1 aromatic carbocycles. The van der Waals surface area contributed by atoms with E-state index < -0.39 is 5.97 Å². The first-order valence-electron chi connectivity index (χ1n) is 5.32. The molecular formula is C13H11Cl2NO2. The van der Waals surface area contributed by atoms with Gasteiger partial charge in [0.2, 0.25) is 0 Å². The van der Waals surface area contributed by atoms with Crippen LogP contribution >= 0.6 is 23.2 Å². The Labute approximate surface area is 115 Å². The molecule has 0 aliphatic carbocycles. The summed E-state index contributed by atoms with van der Waals surface area (Å²) in [5.41, 5.74) is 2.00. The minimum Gasteiger partial charge on any atom is -0.478 e. The number of hydrogen-bond acceptors (Lipinski definition) is 1. The zero-order chi connectivity index (χ0) is 13.3. The van der Waals surface area contributed by atoms with Crippen LogP contribution in [0.2, 0.25) is 10.0 Å². The molecule has 0 saturated carbocycles. The van der Waals surface area contributed by atoms with Gasteiger partial charge in [-0.05, 0) is 30.7 Å². The second-order valence-electron chi connectivity index (χ2n) is 4.00. The molecule has 2 aromatic rings. The second-order valence-corrected chi connectivity index (χ2v) is 4.81. The number of halogens is 2. The normalized spacial score (nSPS) is 10.6. The van der Waals surface area contributed by atoms with Crippen LogP contribution in [0.15, 0.2) is 30.5 Å². The molecule has 0 aliphatic rings. The van der Waals surface area contributed by atoms with Crippen LogP contribution in [0.25, 0.3) is 0 Å². The summed E-state index contributed by atoms with van der Waals surface area (Å²) in [7, 11) is 0. The molecule has 0 fully saturated rings. The summed E-state index contributed by atoms with van der Waals surface area (Å²) < 4.78 is 1.86. The highest BCUT2D eigenvalue weighted by Crippen LogP contribution is 2.23. The predicted octanol–water partition coefficient (Wildman–Crippen LogP) is 3.85. The van der Waals surface area contributed by atoms with Crippen LogP contribution in [0.4, 0.5) is 0 Å². The lowest BCUT2D eigenvalue weighted by atomic mass is 10.2. The average molecular weight is 284 g/mol. The summed E-state index contributed by atoms with van der Waals surface area (Å²) >= 11 is 11.8. The molecule has 0 aliphatic heterocycles. The minimum atomic E-state index is -0.916. The Morgan fingerprint density at radius 1 is 1.28 bits per heavy atom. The summed E-state index contributed by atoms with van der Waals surface area (Å²) in [6, 6.07) is 6.98. The van der Waals surface area contributed by atoms with Crippen molar-refractivity contribution in [3.05, 3.63) is 57.3 Å². The number of carboxylic acids is 1. The van der Waals surface area contributed by atoms with Gasteiger partial charge in [0.15, 0.2) is 0 Å². The van der Waals surface area contributed by atoms with Crippen molar-refractivity contribution in [3.63, 3.8) is 0 Å². The molecule has 94 valence electrons. The highest BCUT2D eigenvalue weighted by atomic mass is 35.5. The second kappa shape index (κ2) is 5.04. The lowest BCUT2D eigenvalue weighted by Gasteiger charge is -2.08. The molecule has 0 saturated heterocycles. The number of aromatic nitrogens is 1. The Bertz CT molecular complexity index is 605. The number of nitrogens with zero attached hydrogens (tertiary/aromatic N) is 1. The van der Waals surface area contributed by atoms with E-state index in [1.54, 1.807) is 31.3 Å². The van der Waals surface area contributed by atoms with Gasteiger partial charge in [0.25, 0.3) is 0 Å². The fourth-order valence-corrected chi connectivity index (χ4v) is 2.10. The Morgan fingerprint density at radius 2 is 2.00 bits per heavy atom. The molecule has 0 amide bonds. The van der Waals surface area contributed by atoms with Gasteiger partial charge < -0.3 is 9.67 Å². The SMILES string of the molecule is Cc1c(C(=O)O)ccn1Cc1ccc(Cl)c(Cl)c1. The highest BCUT2D eigenvalue weighted by Gasteiger charge is 2.11. The first-order chi connectivity index (χ1) is 8.49. The molecule has 2 rings (SSSR count). The Morgan fingerprint density at radius 3 is 2.56 bits per heavy atom. The van der Waals surface area contributed by atoms with Gasteiger partial charge in [-0.3, -0.25) is 0 Å². The van der Waals surface area contributed by atoms with Crippen molar-refractivity contribution in [2.75, 3.05) is 0 Å². The number of carbonyl (C=O) groups is 1. The third kappa shape index (κ3) is 2.52. The van der Waals surface area contributed by atoms with Crippen molar-refractivity contribution in [2.24, 2.45) is 0 Å². The number of carboxylic acid groups (broad SMARTS) is 1. The molecule has 0 unspecified atom stereocenters. The van der Waals surface area contributed by atoms with Crippen LogP contribution < -0.4 is 0 Å². The van der Waals surface area contributed by atoms with Crippen LogP contribution in [0.3, 0.4) is 0 Å². The topological polar surface area (TPSA) is 42.2 Å². The summed E-state index contributed by atoms with van der Waals surface area (Å²) in [4.78, 5) is 10.9. The lowest BCUT2D eigenvalue weighted by molar-refractivity contribution is 0.0696. The maximum atomic E-state index is 10.9. The van der Waals surface area contributed by atoms with E-state index in [0.717, 1.165) is 5.56 Å². The Hall–Kier alpha value is -1.45. The summed E-state index contributed by atoms with van der Waals surface area (Å²) in [5.74, 6) is -0.916. The molecule has 0 radical (unpaired) electrons. The van der Waals surface area contributed by atoms with E-state index in [4.69, 9.17) is 28.3 Å². The maximum Gasteiger partial charge on any atom is 0.337 e. The summed E-state index contributed by atoms with van der Waals surface area (Å²) in [5, 5.41) is 9.98. The van der Waals surface area contributed by atoms with Gasteiger partial charge >= 0.3 is 5.97 Å². The van der Waals surface area contributed by atoms with E-state index in [0.29, 0.717) is 27.8 Å². The van der Waals surface area contributed by atoms with E-state index in [9.17, 15) is 4.79 Å². The van der Waals surface area contributed by atoms with Gasteiger partial charge in [-0.2, -0.15) is 0 Å². The standard InChI is InChI=1S/C13H11Cl2NO2/c1-8-10(13(17)18)4-5-16(8)7-9-2-3-11(14)12(15)6-9/h2-6H,7H2,1H3,(H,17,18). The zero-order valence-corrected chi connectivity index (χ0v) is 11.2. The molecule has 1 heterocycles. The van der Waals surface area contributed by atoms with Crippen molar-refractivity contribution in [2.45, 2.75) is 13.5 Å². The minimum absolute atomic E-state index is 0.315. The molecule has 0 bridgehead atoms. The summed E-state index contributed by atoms with van der Waals surface area (Å²) in [6.07, 6.45) is 1.75.